The Labute approximate surface area is 158 Å². The zero-order valence-electron chi connectivity index (χ0n) is 15.1. The van der Waals surface area contributed by atoms with E-state index in [0.29, 0.717) is 5.56 Å². The topological polar surface area (TPSA) is 46.2 Å². The van der Waals surface area contributed by atoms with Crippen LogP contribution in [0.25, 0.3) is 0 Å². The second kappa shape index (κ2) is 7.75. The van der Waals surface area contributed by atoms with Gasteiger partial charge in [-0.15, -0.1) is 11.3 Å². The Morgan fingerprint density at radius 2 is 1.65 bits per heavy atom. The highest BCUT2D eigenvalue weighted by molar-refractivity contribution is 7.17. The number of hydrogen-bond donors (Lipinski definition) is 1. The van der Waals surface area contributed by atoms with Gasteiger partial charge in [0.25, 0.3) is 0 Å². The van der Waals surface area contributed by atoms with Gasteiger partial charge in [0.2, 0.25) is 5.91 Å². The predicted octanol–water partition coefficient (Wildman–Crippen LogP) is 5.38. The van der Waals surface area contributed by atoms with Gasteiger partial charge in [0, 0.05) is 16.4 Å². The van der Waals surface area contributed by atoms with Crippen molar-refractivity contribution in [3.05, 3.63) is 51.9 Å². The van der Waals surface area contributed by atoms with Crippen LogP contribution in [0.4, 0.5) is 5.00 Å². The molecular weight excluding hydrogens is 342 g/mol. The molecule has 4 rings (SSSR count). The lowest BCUT2D eigenvalue weighted by Crippen LogP contribution is -2.25. The molecule has 3 nitrogen and oxygen atoms in total. The number of anilines is 1. The number of fused-ring (bicyclic) bond motifs is 1. The van der Waals surface area contributed by atoms with Crippen molar-refractivity contribution in [1.82, 2.24) is 0 Å². The van der Waals surface area contributed by atoms with Crippen LogP contribution >= 0.6 is 11.3 Å². The summed E-state index contributed by atoms with van der Waals surface area (Å²) in [5.41, 5.74) is 2.63. The van der Waals surface area contributed by atoms with Gasteiger partial charge in [0.1, 0.15) is 5.00 Å². The monoisotopic (exact) mass is 367 g/mol. The van der Waals surface area contributed by atoms with E-state index in [0.717, 1.165) is 55.5 Å². The summed E-state index contributed by atoms with van der Waals surface area (Å²) < 4.78 is 0. The number of aryl methyl sites for hydroxylation is 1. The molecule has 2 aliphatic carbocycles. The number of hydrogen-bond acceptors (Lipinski definition) is 3. The van der Waals surface area contributed by atoms with Gasteiger partial charge in [-0.2, -0.15) is 0 Å². The third-order valence-electron chi connectivity index (χ3n) is 5.65. The number of carbonyl (C=O) groups is 2. The molecule has 0 unspecified atom stereocenters. The summed E-state index contributed by atoms with van der Waals surface area (Å²) >= 11 is 1.62. The zero-order valence-corrected chi connectivity index (χ0v) is 15.9. The van der Waals surface area contributed by atoms with Crippen LogP contribution in [0.5, 0.6) is 0 Å². The lowest BCUT2D eigenvalue weighted by atomic mass is 9.88. The fourth-order valence-electron chi connectivity index (χ4n) is 4.21. The standard InChI is InChI=1S/C22H25NO2S/c24-20(15-9-3-1-4-10-15)19-17-13-7-8-14-18(17)26-22(19)23-21(25)16-11-5-2-6-12-16/h1,3-4,9-10,16H,2,5-8,11-14H2,(H,23,25). The van der Waals surface area contributed by atoms with Crippen molar-refractivity contribution in [2.24, 2.45) is 5.92 Å². The van der Waals surface area contributed by atoms with E-state index < -0.39 is 0 Å². The molecule has 0 saturated heterocycles. The lowest BCUT2D eigenvalue weighted by molar-refractivity contribution is -0.120. The smallest absolute Gasteiger partial charge is 0.228 e. The van der Waals surface area contributed by atoms with Gasteiger partial charge in [-0.05, 0) is 44.1 Å². The van der Waals surface area contributed by atoms with Gasteiger partial charge in [0.05, 0.1) is 5.56 Å². The maximum atomic E-state index is 13.2. The third kappa shape index (κ3) is 3.48. The van der Waals surface area contributed by atoms with Gasteiger partial charge < -0.3 is 5.32 Å². The maximum absolute atomic E-state index is 13.2. The minimum Gasteiger partial charge on any atom is -0.317 e. The van der Waals surface area contributed by atoms with E-state index in [4.69, 9.17) is 0 Å². The number of amides is 1. The molecule has 1 saturated carbocycles. The van der Waals surface area contributed by atoms with Crippen molar-refractivity contribution >= 4 is 28.0 Å². The first-order chi connectivity index (χ1) is 12.7. The number of nitrogens with one attached hydrogen (secondary N) is 1. The van der Waals surface area contributed by atoms with E-state index >= 15 is 0 Å². The molecule has 1 heterocycles. The molecule has 26 heavy (non-hydrogen) atoms. The molecule has 0 atom stereocenters. The molecular formula is C22H25NO2S. The first-order valence-electron chi connectivity index (χ1n) is 9.79. The van der Waals surface area contributed by atoms with Crippen molar-refractivity contribution in [2.75, 3.05) is 5.32 Å². The van der Waals surface area contributed by atoms with Crippen LogP contribution in [0.3, 0.4) is 0 Å². The Hall–Kier alpha value is -1.94. The van der Waals surface area contributed by atoms with E-state index in [1.54, 1.807) is 11.3 Å². The fourth-order valence-corrected chi connectivity index (χ4v) is 5.50. The van der Waals surface area contributed by atoms with Crippen LogP contribution in [0.2, 0.25) is 0 Å². The average Bonchev–Trinajstić information content (AvgIpc) is 3.06. The van der Waals surface area contributed by atoms with Crippen LogP contribution in [-0.4, -0.2) is 11.7 Å². The first kappa shape index (κ1) is 17.5. The van der Waals surface area contributed by atoms with Crippen molar-refractivity contribution in [3.63, 3.8) is 0 Å². The van der Waals surface area contributed by atoms with Gasteiger partial charge in [-0.3, -0.25) is 9.59 Å². The summed E-state index contributed by atoms with van der Waals surface area (Å²) in [5.74, 6) is 0.247. The largest absolute Gasteiger partial charge is 0.317 e. The highest BCUT2D eigenvalue weighted by Gasteiger charge is 2.29. The molecule has 4 heteroatoms. The molecule has 0 spiro atoms. The molecule has 1 aromatic heterocycles. The Kier molecular flexibility index (Phi) is 5.21. The second-order valence-corrected chi connectivity index (χ2v) is 8.54. The molecule has 0 aliphatic heterocycles. The van der Waals surface area contributed by atoms with E-state index in [1.807, 2.05) is 30.3 Å². The number of thiophene rings is 1. The van der Waals surface area contributed by atoms with Gasteiger partial charge in [-0.25, -0.2) is 0 Å². The summed E-state index contributed by atoms with van der Waals surface area (Å²) in [6.07, 6.45) is 9.70. The number of benzene rings is 1. The van der Waals surface area contributed by atoms with Crippen LogP contribution < -0.4 is 5.32 Å². The van der Waals surface area contributed by atoms with Crippen molar-refractivity contribution < 1.29 is 9.59 Å². The number of carbonyl (C=O) groups excluding carboxylic acids is 2. The van der Waals surface area contributed by atoms with Gasteiger partial charge in [0.15, 0.2) is 5.78 Å². The minimum atomic E-state index is 0.0453. The summed E-state index contributed by atoms with van der Waals surface area (Å²) in [6, 6.07) is 9.44. The van der Waals surface area contributed by atoms with Crippen molar-refractivity contribution in [3.8, 4) is 0 Å². The quantitative estimate of drug-likeness (QED) is 0.738. The molecule has 0 bridgehead atoms. The van der Waals surface area contributed by atoms with Crippen LogP contribution in [-0.2, 0) is 17.6 Å². The Balaban J connectivity index is 1.66. The molecule has 0 radical (unpaired) electrons. The van der Waals surface area contributed by atoms with E-state index in [1.165, 1.54) is 23.3 Å². The van der Waals surface area contributed by atoms with Crippen molar-refractivity contribution in [2.45, 2.75) is 57.8 Å². The fraction of sp³-hybridized carbons (Fsp3) is 0.455. The van der Waals surface area contributed by atoms with Crippen LogP contribution in [0, 0.1) is 5.92 Å². The van der Waals surface area contributed by atoms with Crippen LogP contribution in [0.1, 0.15) is 71.3 Å². The summed E-state index contributed by atoms with van der Waals surface area (Å²) in [7, 11) is 0. The zero-order chi connectivity index (χ0) is 17.9. The highest BCUT2D eigenvalue weighted by Crippen LogP contribution is 2.40. The normalized spacial score (nSPS) is 17.5. The Bertz CT molecular complexity index is 803. The second-order valence-electron chi connectivity index (χ2n) is 7.43. The Morgan fingerprint density at radius 3 is 2.42 bits per heavy atom. The van der Waals surface area contributed by atoms with Gasteiger partial charge in [-0.1, -0.05) is 49.6 Å². The molecule has 1 aromatic carbocycles. The average molecular weight is 368 g/mol. The lowest BCUT2D eigenvalue weighted by Gasteiger charge is -2.20. The molecule has 2 aromatic rings. The third-order valence-corrected chi connectivity index (χ3v) is 6.85. The predicted molar refractivity (Wildman–Crippen MR) is 106 cm³/mol. The summed E-state index contributed by atoms with van der Waals surface area (Å²) in [5, 5.41) is 3.93. The molecule has 1 fully saturated rings. The van der Waals surface area contributed by atoms with Gasteiger partial charge >= 0.3 is 0 Å². The van der Waals surface area contributed by atoms with E-state index in [2.05, 4.69) is 5.32 Å². The number of ketones is 1. The van der Waals surface area contributed by atoms with Crippen LogP contribution in [0.15, 0.2) is 30.3 Å². The number of rotatable bonds is 4. The van der Waals surface area contributed by atoms with Crippen molar-refractivity contribution in [1.29, 1.82) is 0 Å². The SMILES string of the molecule is O=C(c1ccccc1)c1c(NC(=O)C2CCCCC2)sc2c1CCCC2. The molecule has 1 amide bonds. The summed E-state index contributed by atoms with van der Waals surface area (Å²) in [6.45, 7) is 0. The minimum absolute atomic E-state index is 0.0453. The summed E-state index contributed by atoms with van der Waals surface area (Å²) in [4.78, 5) is 27.3. The van der Waals surface area contributed by atoms with E-state index in [9.17, 15) is 9.59 Å². The Morgan fingerprint density at radius 1 is 0.923 bits per heavy atom. The first-order valence-corrected chi connectivity index (χ1v) is 10.6. The van der Waals surface area contributed by atoms with E-state index in [-0.39, 0.29) is 17.6 Å². The highest BCUT2D eigenvalue weighted by atomic mass is 32.1. The molecule has 136 valence electrons. The maximum Gasteiger partial charge on any atom is 0.228 e. The molecule has 2 aliphatic rings. The molecule has 1 N–H and O–H groups in total.